The number of nitrogens with one attached hydrogen (secondary N) is 1. The molecular weight excluding hydrogens is 244 g/mol. The first-order valence-corrected chi connectivity index (χ1v) is 8.20. The van der Waals surface area contributed by atoms with Gasteiger partial charge in [0, 0.05) is 12.6 Å². The highest BCUT2D eigenvalue weighted by atomic mass is 15.1. The third-order valence-corrected chi connectivity index (χ3v) is 4.64. The predicted octanol–water partition coefficient (Wildman–Crippen LogP) is 3.85. The fourth-order valence-electron chi connectivity index (χ4n) is 3.41. The van der Waals surface area contributed by atoms with E-state index in [0.717, 1.165) is 5.92 Å². The van der Waals surface area contributed by atoms with Crippen molar-refractivity contribution in [2.45, 2.75) is 44.6 Å². The van der Waals surface area contributed by atoms with Crippen molar-refractivity contribution >= 4 is 0 Å². The van der Waals surface area contributed by atoms with Gasteiger partial charge in [0.15, 0.2) is 0 Å². The van der Waals surface area contributed by atoms with Gasteiger partial charge in [0.1, 0.15) is 0 Å². The number of rotatable bonds is 7. The van der Waals surface area contributed by atoms with Gasteiger partial charge in [-0.05, 0) is 51.4 Å². The summed E-state index contributed by atoms with van der Waals surface area (Å²) in [5.41, 5.74) is 1.40. The SMILES string of the molecule is CNC(CCN(C)CC1CCCCC1)c1ccccc1. The molecule has 0 heterocycles. The van der Waals surface area contributed by atoms with Crippen LogP contribution in [0, 0.1) is 5.92 Å². The molecule has 0 radical (unpaired) electrons. The van der Waals surface area contributed by atoms with Crippen molar-refractivity contribution < 1.29 is 0 Å². The van der Waals surface area contributed by atoms with Crippen LogP contribution in [-0.2, 0) is 0 Å². The van der Waals surface area contributed by atoms with Crippen LogP contribution < -0.4 is 5.32 Å². The van der Waals surface area contributed by atoms with Crippen molar-refractivity contribution in [3.05, 3.63) is 35.9 Å². The molecule has 1 aromatic carbocycles. The molecule has 2 rings (SSSR count). The van der Waals surface area contributed by atoms with E-state index in [-0.39, 0.29) is 0 Å². The van der Waals surface area contributed by atoms with Crippen molar-refractivity contribution in [2.24, 2.45) is 5.92 Å². The number of benzene rings is 1. The Bertz CT molecular complexity index is 357. The Labute approximate surface area is 124 Å². The molecule has 1 unspecified atom stereocenters. The van der Waals surface area contributed by atoms with Crippen LogP contribution >= 0.6 is 0 Å². The van der Waals surface area contributed by atoms with Crippen LogP contribution in [0.5, 0.6) is 0 Å². The summed E-state index contributed by atoms with van der Waals surface area (Å²) in [6, 6.07) is 11.3. The lowest BCUT2D eigenvalue weighted by atomic mass is 9.89. The van der Waals surface area contributed by atoms with E-state index in [1.54, 1.807) is 0 Å². The minimum atomic E-state index is 0.477. The second-order valence-electron chi connectivity index (χ2n) is 6.31. The second-order valence-corrected chi connectivity index (χ2v) is 6.31. The van der Waals surface area contributed by atoms with Crippen molar-refractivity contribution in [1.29, 1.82) is 0 Å². The molecule has 20 heavy (non-hydrogen) atoms. The fourth-order valence-corrected chi connectivity index (χ4v) is 3.41. The summed E-state index contributed by atoms with van der Waals surface area (Å²) in [4.78, 5) is 2.53. The highest BCUT2D eigenvalue weighted by Crippen LogP contribution is 2.24. The molecule has 1 saturated carbocycles. The zero-order valence-corrected chi connectivity index (χ0v) is 13.1. The maximum absolute atomic E-state index is 3.45. The summed E-state index contributed by atoms with van der Waals surface area (Å²) in [5.74, 6) is 0.943. The van der Waals surface area contributed by atoms with Crippen molar-refractivity contribution in [1.82, 2.24) is 10.2 Å². The lowest BCUT2D eigenvalue weighted by Crippen LogP contribution is -2.30. The molecule has 0 spiro atoms. The lowest BCUT2D eigenvalue weighted by Gasteiger charge is -2.28. The average molecular weight is 274 g/mol. The second kappa shape index (κ2) is 8.43. The molecule has 0 saturated heterocycles. The summed E-state index contributed by atoms with van der Waals surface area (Å²) in [6.45, 7) is 2.46. The Hall–Kier alpha value is -0.860. The zero-order valence-electron chi connectivity index (χ0n) is 13.1. The van der Waals surface area contributed by atoms with Crippen LogP contribution in [0.25, 0.3) is 0 Å². The van der Waals surface area contributed by atoms with Gasteiger partial charge in [-0.25, -0.2) is 0 Å². The molecule has 0 aromatic heterocycles. The van der Waals surface area contributed by atoms with Crippen molar-refractivity contribution in [3.63, 3.8) is 0 Å². The van der Waals surface area contributed by atoms with Crippen LogP contribution in [0.1, 0.15) is 50.1 Å². The van der Waals surface area contributed by atoms with Gasteiger partial charge >= 0.3 is 0 Å². The molecule has 1 aliphatic rings. The number of hydrogen-bond donors (Lipinski definition) is 1. The Morgan fingerprint density at radius 1 is 1.15 bits per heavy atom. The molecule has 1 N–H and O–H groups in total. The summed E-state index contributed by atoms with van der Waals surface area (Å²) in [5, 5.41) is 3.45. The number of nitrogens with zero attached hydrogens (tertiary/aromatic N) is 1. The lowest BCUT2D eigenvalue weighted by molar-refractivity contribution is 0.225. The molecule has 2 heteroatoms. The molecule has 1 aliphatic carbocycles. The first-order chi connectivity index (χ1) is 9.79. The molecular formula is C18H30N2. The fraction of sp³-hybridized carbons (Fsp3) is 0.667. The molecule has 0 bridgehead atoms. The van der Waals surface area contributed by atoms with E-state index in [4.69, 9.17) is 0 Å². The minimum absolute atomic E-state index is 0.477. The van der Waals surface area contributed by atoms with Crippen LogP contribution in [-0.4, -0.2) is 32.1 Å². The monoisotopic (exact) mass is 274 g/mol. The Morgan fingerprint density at radius 2 is 1.85 bits per heavy atom. The first-order valence-electron chi connectivity index (χ1n) is 8.20. The van der Waals surface area contributed by atoms with Crippen LogP contribution in [0.15, 0.2) is 30.3 Å². The summed E-state index contributed by atoms with van der Waals surface area (Å²) in [7, 11) is 4.35. The van der Waals surface area contributed by atoms with Crippen molar-refractivity contribution in [3.8, 4) is 0 Å². The van der Waals surface area contributed by atoms with Crippen LogP contribution in [0.4, 0.5) is 0 Å². The van der Waals surface area contributed by atoms with E-state index < -0.39 is 0 Å². The summed E-state index contributed by atoms with van der Waals surface area (Å²) < 4.78 is 0. The van der Waals surface area contributed by atoms with Gasteiger partial charge in [-0.3, -0.25) is 0 Å². The predicted molar refractivity (Wildman–Crippen MR) is 86.9 cm³/mol. The smallest absolute Gasteiger partial charge is 0.0329 e. The maximum Gasteiger partial charge on any atom is 0.0329 e. The summed E-state index contributed by atoms with van der Waals surface area (Å²) in [6.07, 6.45) is 8.42. The first kappa shape index (κ1) is 15.5. The zero-order chi connectivity index (χ0) is 14.2. The van der Waals surface area contributed by atoms with E-state index in [9.17, 15) is 0 Å². The maximum atomic E-state index is 3.45. The molecule has 112 valence electrons. The molecule has 1 atom stereocenters. The molecule has 2 nitrogen and oxygen atoms in total. The summed E-state index contributed by atoms with van der Waals surface area (Å²) >= 11 is 0. The quantitative estimate of drug-likeness (QED) is 0.812. The van der Waals surface area contributed by atoms with E-state index in [1.807, 2.05) is 0 Å². The van der Waals surface area contributed by atoms with Crippen LogP contribution in [0.2, 0.25) is 0 Å². The van der Waals surface area contributed by atoms with Gasteiger partial charge < -0.3 is 10.2 Å². The topological polar surface area (TPSA) is 15.3 Å². The van der Waals surface area contributed by atoms with E-state index in [0.29, 0.717) is 6.04 Å². The normalized spacial score (nSPS) is 18.4. The van der Waals surface area contributed by atoms with Gasteiger partial charge in [-0.15, -0.1) is 0 Å². The minimum Gasteiger partial charge on any atom is -0.313 e. The molecule has 1 aromatic rings. The van der Waals surface area contributed by atoms with Gasteiger partial charge in [0.2, 0.25) is 0 Å². The van der Waals surface area contributed by atoms with Gasteiger partial charge in [0.25, 0.3) is 0 Å². The van der Waals surface area contributed by atoms with Gasteiger partial charge in [-0.1, -0.05) is 49.6 Å². The standard InChI is InChI=1S/C18H30N2/c1-19-18(17-11-7-4-8-12-17)13-14-20(2)15-16-9-5-3-6-10-16/h4,7-8,11-12,16,18-19H,3,5-6,9-10,13-15H2,1-2H3. The van der Waals surface area contributed by atoms with Gasteiger partial charge in [0.05, 0.1) is 0 Å². The van der Waals surface area contributed by atoms with E-state index in [2.05, 4.69) is 54.6 Å². The largest absolute Gasteiger partial charge is 0.313 e. The number of hydrogen-bond acceptors (Lipinski definition) is 2. The Balaban J connectivity index is 1.75. The Kier molecular flexibility index (Phi) is 6.55. The third kappa shape index (κ3) is 4.92. The highest BCUT2D eigenvalue weighted by molar-refractivity contribution is 5.18. The van der Waals surface area contributed by atoms with Crippen LogP contribution in [0.3, 0.4) is 0 Å². The Morgan fingerprint density at radius 3 is 2.50 bits per heavy atom. The molecule has 0 aliphatic heterocycles. The third-order valence-electron chi connectivity index (χ3n) is 4.64. The van der Waals surface area contributed by atoms with Gasteiger partial charge in [-0.2, -0.15) is 0 Å². The van der Waals surface area contributed by atoms with E-state index in [1.165, 1.54) is 57.2 Å². The molecule has 0 amide bonds. The van der Waals surface area contributed by atoms with Crippen molar-refractivity contribution in [2.75, 3.05) is 27.2 Å². The average Bonchev–Trinajstić information content (AvgIpc) is 2.50. The highest BCUT2D eigenvalue weighted by Gasteiger charge is 2.16. The van der Waals surface area contributed by atoms with E-state index >= 15 is 0 Å². The molecule has 1 fully saturated rings.